The third kappa shape index (κ3) is 3.38. The number of rotatable bonds is 4. The molecular weight excluding hydrogens is 244 g/mol. The van der Waals surface area contributed by atoms with Gasteiger partial charge in [-0.05, 0) is 12.5 Å². The highest BCUT2D eigenvalue weighted by molar-refractivity contribution is 5.82. The van der Waals surface area contributed by atoms with Crippen LogP contribution in [0.25, 0.3) is 0 Å². The van der Waals surface area contributed by atoms with E-state index in [1.165, 1.54) is 0 Å². The van der Waals surface area contributed by atoms with Crippen LogP contribution in [0.1, 0.15) is 28.9 Å². The van der Waals surface area contributed by atoms with Gasteiger partial charge >= 0.3 is 0 Å². The zero-order valence-electron chi connectivity index (χ0n) is 10.9. The van der Waals surface area contributed by atoms with Gasteiger partial charge in [0.25, 0.3) is 0 Å². The number of carbonyl (C=O) groups excluding carboxylic acids is 1. The lowest BCUT2D eigenvalue weighted by atomic mass is 10.1. The van der Waals surface area contributed by atoms with Gasteiger partial charge < -0.3 is 15.6 Å². The van der Waals surface area contributed by atoms with Crippen LogP contribution in [0.4, 0.5) is 0 Å². The van der Waals surface area contributed by atoms with Gasteiger partial charge in [-0.3, -0.25) is 4.79 Å². The Morgan fingerprint density at radius 3 is 2.63 bits per heavy atom. The van der Waals surface area contributed by atoms with E-state index < -0.39 is 6.04 Å². The zero-order valence-corrected chi connectivity index (χ0v) is 10.9. The smallest absolute Gasteiger partial charge is 0.241 e. The molecule has 1 atom stereocenters. The van der Waals surface area contributed by atoms with Crippen LogP contribution in [0, 0.1) is 13.8 Å². The van der Waals surface area contributed by atoms with Crippen molar-refractivity contribution in [3.63, 3.8) is 0 Å². The summed E-state index contributed by atoms with van der Waals surface area (Å²) in [4.78, 5) is 15.9. The van der Waals surface area contributed by atoms with Crippen molar-refractivity contribution in [2.75, 3.05) is 0 Å². The van der Waals surface area contributed by atoms with Crippen molar-refractivity contribution in [2.24, 2.45) is 5.73 Å². The summed E-state index contributed by atoms with van der Waals surface area (Å²) in [6.45, 7) is 3.88. The lowest BCUT2D eigenvalue weighted by Gasteiger charge is -2.11. The van der Waals surface area contributed by atoms with Crippen LogP contribution in [0.5, 0.6) is 0 Å². The molecule has 1 unspecified atom stereocenters. The van der Waals surface area contributed by atoms with Gasteiger partial charge in [0, 0.05) is 6.92 Å². The maximum Gasteiger partial charge on any atom is 0.241 e. The Balaban J connectivity index is 1.94. The Morgan fingerprint density at radius 1 is 1.37 bits per heavy atom. The maximum absolute atomic E-state index is 11.9. The lowest BCUT2D eigenvalue weighted by molar-refractivity contribution is -0.122. The van der Waals surface area contributed by atoms with Crippen molar-refractivity contribution in [3.8, 4) is 0 Å². The van der Waals surface area contributed by atoms with Gasteiger partial charge in [0.1, 0.15) is 6.04 Å². The Bertz CT molecular complexity index is 562. The molecule has 3 N–H and O–H groups in total. The molecule has 2 aromatic rings. The molecule has 0 aliphatic carbocycles. The molecule has 6 nitrogen and oxygen atoms in total. The van der Waals surface area contributed by atoms with E-state index in [0.29, 0.717) is 11.7 Å². The van der Waals surface area contributed by atoms with E-state index >= 15 is 0 Å². The van der Waals surface area contributed by atoms with E-state index in [-0.39, 0.29) is 12.5 Å². The quantitative estimate of drug-likeness (QED) is 0.855. The fourth-order valence-electron chi connectivity index (χ4n) is 1.61. The largest absolute Gasteiger partial charge is 0.347 e. The van der Waals surface area contributed by atoms with Gasteiger partial charge in [0.05, 0.1) is 6.54 Å². The molecule has 0 fully saturated rings. The van der Waals surface area contributed by atoms with E-state index in [0.717, 1.165) is 11.1 Å². The van der Waals surface area contributed by atoms with Crippen LogP contribution in [0.2, 0.25) is 0 Å². The summed E-state index contributed by atoms with van der Waals surface area (Å²) in [5.41, 5.74) is 7.78. The zero-order chi connectivity index (χ0) is 13.8. The molecule has 1 amide bonds. The second-order valence-electron chi connectivity index (χ2n) is 4.34. The van der Waals surface area contributed by atoms with Gasteiger partial charge in [0.2, 0.25) is 11.8 Å². The van der Waals surface area contributed by atoms with Crippen LogP contribution in [-0.4, -0.2) is 16.0 Å². The van der Waals surface area contributed by atoms with E-state index in [9.17, 15) is 4.79 Å². The molecule has 1 heterocycles. The van der Waals surface area contributed by atoms with E-state index in [1.54, 1.807) is 6.92 Å². The minimum absolute atomic E-state index is 0.204. The topological polar surface area (TPSA) is 94.0 Å². The molecule has 0 aliphatic heterocycles. The van der Waals surface area contributed by atoms with Crippen LogP contribution in [-0.2, 0) is 11.3 Å². The molecule has 2 rings (SSSR count). The monoisotopic (exact) mass is 260 g/mol. The van der Waals surface area contributed by atoms with Gasteiger partial charge in [-0.1, -0.05) is 35.0 Å². The highest BCUT2D eigenvalue weighted by Gasteiger charge is 2.16. The standard InChI is InChI=1S/C13H16N4O2/c1-8-3-5-10(6-4-8)12(14)13(18)15-7-11-16-9(2)19-17-11/h3-6,12H,7,14H2,1-2H3,(H,15,18). The number of hydrogen-bond donors (Lipinski definition) is 2. The van der Waals surface area contributed by atoms with Crippen molar-refractivity contribution in [2.45, 2.75) is 26.4 Å². The van der Waals surface area contributed by atoms with Crippen molar-refractivity contribution in [1.82, 2.24) is 15.5 Å². The Morgan fingerprint density at radius 2 is 2.05 bits per heavy atom. The van der Waals surface area contributed by atoms with Gasteiger partial charge in [-0.15, -0.1) is 0 Å². The predicted octanol–water partition coefficient (Wildman–Crippen LogP) is 1.00. The highest BCUT2D eigenvalue weighted by Crippen LogP contribution is 2.11. The third-order valence-electron chi connectivity index (χ3n) is 2.71. The van der Waals surface area contributed by atoms with E-state index in [4.69, 9.17) is 10.3 Å². The molecule has 0 radical (unpaired) electrons. The summed E-state index contributed by atoms with van der Waals surface area (Å²) in [6, 6.07) is 6.83. The van der Waals surface area contributed by atoms with Crippen molar-refractivity contribution in [1.29, 1.82) is 0 Å². The van der Waals surface area contributed by atoms with Gasteiger partial charge in [0.15, 0.2) is 5.82 Å². The van der Waals surface area contributed by atoms with Crippen LogP contribution in [0.3, 0.4) is 0 Å². The number of hydrogen-bond acceptors (Lipinski definition) is 5. The van der Waals surface area contributed by atoms with Crippen LogP contribution >= 0.6 is 0 Å². The molecule has 0 saturated carbocycles. The average Bonchev–Trinajstić information content (AvgIpc) is 2.82. The number of nitrogens with two attached hydrogens (primary N) is 1. The Kier molecular flexibility index (Phi) is 3.91. The fraction of sp³-hybridized carbons (Fsp3) is 0.308. The number of amides is 1. The first-order valence-corrected chi connectivity index (χ1v) is 5.95. The van der Waals surface area contributed by atoms with Gasteiger partial charge in [-0.2, -0.15) is 4.98 Å². The normalized spacial score (nSPS) is 12.2. The van der Waals surface area contributed by atoms with Crippen molar-refractivity contribution in [3.05, 3.63) is 47.1 Å². The number of aromatic nitrogens is 2. The number of carbonyl (C=O) groups is 1. The van der Waals surface area contributed by atoms with Gasteiger partial charge in [-0.25, -0.2) is 0 Å². The van der Waals surface area contributed by atoms with Crippen LogP contribution < -0.4 is 11.1 Å². The van der Waals surface area contributed by atoms with Crippen molar-refractivity contribution < 1.29 is 9.32 Å². The van der Waals surface area contributed by atoms with Crippen LogP contribution in [0.15, 0.2) is 28.8 Å². The lowest BCUT2D eigenvalue weighted by Crippen LogP contribution is -2.33. The molecule has 19 heavy (non-hydrogen) atoms. The third-order valence-corrected chi connectivity index (χ3v) is 2.71. The number of benzene rings is 1. The molecule has 6 heteroatoms. The summed E-state index contributed by atoms with van der Waals surface area (Å²) >= 11 is 0. The molecule has 0 saturated heterocycles. The molecule has 0 spiro atoms. The summed E-state index contributed by atoms with van der Waals surface area (Å²) in [6.07, 6.45) is 0. The molecule has 100 valence electrons. The summed E-state index contributed by atoms with van der Waals surface area (Å²) in [5, 5.41) is 6.37. The molecule has 0 aliphatic rings. The molecule has 0 bridgehead atoms. The summed E-state index contributed by atoms with van der Waals surface area (Å²) in [7, 11) is 0. The summed E-state index contributed by atoms with van der Waals surface area (Å²) in [5.74, 6) is 0.625. The maximum atomic E-state index is 11.9. The number of aryl methyl sites for hydroxylation is 2. The molecule has 1 aromatic heterocycles. The SMILES string of the molecule is Cc1ccc(C(N)C(=O)NCc2noc(C)n2)cc1. The molecular formula is C13H16N4O2. The second-order valence-corrected chi connectivity index (χ2v) is 4.34. The minimum atomic E-state index is -0.700. The van der Waals surface area contributed by atoms with E-state index in [1.807, 2.05) is 31.2 Å². The van der Waals surface area contributed by atoms with E-state index in [2.05, 4.69) is 15.5 Å². The summed E-state index contributed by atoms with van der Waals surface area (Å²) < 4.78 is 4.81. The fourth-order valence-corrected chi connectivity index (χ4v) is 1.61. The number of nitrogens with one attached hydrogen (secondary N) is 1. The first-order valence-electron chi connectivity index (χ1n) is 5.95. The minimum Gasteiger partial charge on any atom is -0.347 e. The Labute approximate surface area is 111 Å². The molecule has 1 aromatic carbocycles. The predicted molar refractivity (Wildman–Crippen MR) is 69.0 cm³/mol. The first kappa shape index (κ1) is 13.2. The number of nitrogens with zero attached hydrogens (tertiary/aromatic N) is 2. The highest BCUT2D eigenvalue weighted by atomic mass is 16.5. The Hall–Kier alpha value is -2.21. The van der Waals surface area contributed by atoms with Crippen molar-refractivity contribution >= 4 is 5.91 Å². The first-order chi connectivity index (χ1) is 9.06. The average molecular weight is 260 g/mol. The second kappa shape index (κ2) is 5.62.